The quantitative estimate of drug-likeness (QED) is 0.679. The number of ether oxygens (including phenoxy) is 2. The van der Waals surface area contributed by atoms with Crippen molar-refractivity contribution in [3.8, 4) is 0 Å². The van der Waals surface area contributed by atoms with Crippen LogP contribution in [0.5, 0.6) is 0 Å². The second kappa shape index (κ2) is 8.77. The molecule has 0 saturated carbocycles. The minimum atomic E-state index is -0.364. The van der Waals surface area contributed by atoms with Crippen LogP contribution in [0.2, 0.25) is 0 Å². The average Bonchev–Trinajstić information content (AvgIpc) is 2.13. The molecule has 0 aliphatic rings. The van der Waals surface area contributed by atoms with Crippen molar-refractivity contribution in [1.29, 1.82) is 0 Å². The van der Waals surface area contributed by atoms with Gasteiger partial charge in [-0.3, -0.25) is 9.59 Å². The smallest absolute Gasteiger partial charge is 0.307 e. The Bertz CT molecular complexity index is 186. The number of methoxy groups -OCH3 is 2. The second-order valence-corrected chi connectivity index (χ2v) is 2.66. The van der Waals surface area contributed by atoms with E-state index in [9.17, 15) is 9.59 Å². The van der Waals surface area contributed by atoms with Crippen LogP contribution >= 0.6 is 12.4 Å². The van der Waals surface area contributed by atoms with Crippen LogP contribution in [0.3, 0.4) is 0 Å². The molecule has 0 radical (unpaired) electrons. The van der Waals surface area contributed by atoms with Gasteiger partial charge in [-0.25, -0.2) is 0 Å². The lowest BCUT2D eigenvalue weighted by Gasteiger charge is -2.08. The predicted octanol–water partition coefficient (Wildman–Crippen LogP) is 0.252. The molecule has 1 unspecified atom stereocenters. The zero-order valence-corrected chi connectivity index (χ0v) is 9.13. The van der Waals surface area contributed by atoms with Gasteiger partial charge in [-0.1, -0.05) is 0 Å². The first-order chi connectivity index (χ1) is 6.10. The average molecular weight is 226 g/mol. The molecule has 0 spiro atoms. The maximum absolute atomic E-state index is 10.7. The summed E-state index contributed by atoms with van der Waals surface area (Å²) in [4.78, 5) is 21.4. The van der Waals surface area contributed by atoms with Crippen molar-refractivity contribution in [2.24, 2.45) is 5.73 Å². The van der Waals surface area contributed by atoms with Crippen LogP contribution in [0.25, 0.3) is 0 Å². The van der Waals surface area contributed by atoms with Gasteiger partial charge in [0.15, 0.2) is 0 Å². The molecule has 0 bridgehead atoms. The number of carbonyl (C=O) groups excluding carboxylic acids is 2. The molecular weight excluding hydrogens is 210 g/mol. The summed E-state index contributed by atoms with van der Waals surface area (Å²) in [7, 11) is 2.61. The lowest BCUT2D eigenvalue weighted by molar-refractivity contribution is -0.143. The predicted molar refractivity (Wildman–Crippen MR) is 53.1 cm³/mol. The third kappa shape index (κ3) is 7.82. The van der Waals surface area contributed by atoms with Gasteiger partial charge in [0.05, 0.1) is 20.6 Å². The van der Waals surface area contributed by atoms with Gasteiger partial charge in [0, 0.05) is 12.5 Å². The number of rotatable bonds is 5. The van der Waals surface area contributed by atoms with E-state index in [4.69, 9.17) is 5.73 Å². The molecule has 6 heteroatoms. The molecule has 0 aliphatic heterocycles. The van der Waals surface area contributed by atoms with Gasteiger partial charge in [-0.2, -0.15) is 0 Å². The molecule has 14 heavy (non-hydrogen) atoms. The van der Waals surface area contributed by atoms with E-state index >= 15 is 0 Å². The van der Waals surface area contributed by atoms with Crippen LogP contribution in [0.15, 0.2) is 0 Å². The number of halogens is 1. The Hall–Kier alpha value is -0.810. The molecule has 0 amide bonds. The standard InChI is InChI=1S/C8H15NO4.ClH/c1-12-7(10)4-3-6(9)5-8(11)13-2;/h6H,3-5,9H2,1-2H3;1H. The van der Waals surface area contributed by atoms with E-state index in [2.05, 4.69) is 9.47 Å². The van der Waals surface area contributed by atoms with Gasteiger partial charge < -0.3 is 15.2 Å². The van der Waals surface area contributed by atoms with Crippen LogP contribution in [-0.2, 0) is 19.1 Å². The van der Waals surface area contributed by atoms with E-state index in [1.165, 1.54) is 14.2 Å². The molecule has 0 aromatic carbocycles. The Kier molecular flexibility index (Phi) is 9.81. The van der Waals surface area contributed by atoms with Crippen LogP contribution in [0.4, 0.5) is 0 Å². The van der Waals surface area contributed by atoms with Gasteiger partial charge in [0.25, 0.3) is 0 Å². The summed E-state index contributed by atoms with van der Waals surface area (Å²) in [5.41, 5.74) is 5.54. The molecule has 5 nitrogen and oxygen atoms in total. The number of hydrogen-bond donors (Lipinski definition) is 1. The highest BCUT2D eigenvalue weighted by Gasteiger charge is 2.11. The third-order valence-electron chi connectivity index (χ3n) is 1.60. The number of hydrogen-bond acceptors (Lipinski definition) is 5. The summed E-state index contributed by atoms with van der Waals surface area (Å²) >= 11 is 0. The molecule has 0 aliphatic carbocycles. The third-order valence-corrected chi connectivity index (χ3v) is 1.60. The zero-order chi connectivity index (χ0) is 10.3. The Balaban J connectivity index is 0. The molecule has 84 valence electrons. The van der Waals surface area contributed by atoms with Gasteiger partial charge in [-0.15, -0.1) is 12.4 Å². The monoisotopic (exact) mass is 225 g/mol. The van der Waals surface area contributed by atoms with Crippen molar-refractivity contribution in [3.05, 3.63) is 0 Å². The van der Waals surface area contributed by atoms with E-state index in [1.54, 1.807) is 0 Å². The van der Waals surface area contributed by atoms with Crippen LogP contribution in [0.1, 0.15) is 19.3 Å². The summed E-state index contributed by atoms with van der Waals surface area (Å²) in [6.07, 6.45) is 0.796. The molecule has 0 fully saturated rings. The maximum Gasteiger partial charge on any atom is 0.307 e. The SMILES string of the molecule is COC(=O)CCC(N)CC(=O)OC.Cl. The minimum absolute atomic E-state index is 0. The van der Waals surface area contributed by atoms with Gasteiger partial charge >= 0.3 is 11.9 Å². The molecule has 0 aromatic rings. The van der Waals surface area contributed by atoms with E-state index in [0.717, 1.165) is 0 Å². The Morgan fingerprint density at radius 1 is 1.21 bits per heavy atom. The summed E-state index contributed by atoms with van der Waals surface area (Å²) in [5, 5.41) is 0. The van der Waals surface area contributed by atoms with Gasteiger partial charge in [0.1, 0.15) is 0 Å². The van der Waals surface area contributed by atoms with Crippen LogP contribution in [-0.4, -0.2) is 32.2 Å². The highest BCUT2D eigenvalue weighted by Crippen LogP contribution is 2.01. The van der Waals surface area contributed by atoms with Gasteiger partial charge in [0.2, 0.25) is 0 Å². The van der Waals surface area contributed by atoms with Crippen molar-refractivity contribution in [2.75, 3.05) is 14.2 Å². The summed E-state index contributed by atoms with van der Waals surface area (Å²) in [6, 6.07) is -0.341. The van der Waals surface area contributed by atoms with Crippen molar-refractivity contribution in [2.45, 2.75) is 25.3 Å². The molecule has 2 N–H and O–H groups in total. The maximum atomic E-state index is 10.7. The molecule has 0 rings (SSSR count). The van der Waals surface area contributed by atoms with Crippen molar-refractivity contribution in [3.63, 3.8) is 0 Å². The molecule has 1 atom stereocenters. The van der Waals surface area contributed by atoms with E-state index in [0.29, 0.717) is 6.42 Å². The molecule has 0 saturated heterocycles. The highest BCUT2D eigenvalue weighted by atomic mass is 35.5. The van der Waals surface area contributed by atoms with Crippen LogP contribution in [0, 0.1) is 0 Å². The van der Waals surface area contributed by atoms with Crippen molar-refractivity contribution >= 4 is 24.3 Å². The molecular formula is C8H16ClNO4. The molecule has 0 aromatic heterocycles. The molecule has 0 heterocycles. The Morgan fingerprint density at radius 2 is 1.71 bits per heavy atom. The fraction of sp³-hybridized carbons (Fsp3) is 0.750. The van der Waals surface area contributed by atoms with E-state index < -0.39 is 0 Å². The first-order valence-electron chi connectivity index (χ1n) is 3.99. The highest BCUT2D eigenvalue weighted by molar-refractivity contribution is 5.85. The van der Waals surface area contributed by atoms with E-state index in [1.807, 2.05) is 0 Å². The van der Waals surface area contributed by atoms with Crippen LogP contribution < -0.4 is 5.73 Å². The first-order valence-corrected chi connectivity index (χ1v) is 3.99. The lowest BCUT2D eigenvalue weighted by atomic mass is 10.1. The summed E-state index contributed by atoms with van der Waals surface area (Å²) in [5.74, 6) is -0.683. The lowest BCUT2D eigenvalue weighted by Crippen LogP contribution is -2.25. The van der Waals surface area contributed by atoms with Crippen molar-refractivity contribution in [1.82, 2.24) is 0 Å². The summed E-state index contributed by atoms with van der Waals surface area (Å²) < 4.78 is 8.84. The Morgan fingerprint density at radius 3 is 2.14 bits per heavy atom. The topological polar surface area (TPSA) is 78.6 Å². The number of esters is 2. The normalized spacial score (nSPS) is 11.1. The fourth-order valence-corrected chi connectivity index (χ4v) is 0.805. The number of carbonyl (C=O) groups is 2. The fourth-order valence-electron chi connectivity index (χ4n) is 0.805. The summed E-state index contributed by atoms with van der Waals surface area (Å²) in [6.45, 7) is 0. The van der Waals surface area contributed by atoms with Gasteiger partial charge in [-0.05, 0) is 6.42 Å². The Labute approximate surface area is 89.3 Å². The zero-order valence-electron chi connectivity index (χ0n) is 8.32. The number of nitrogens with two attached hydrogens (primary N) is 1. The first kappa shape index (κ1) is 15.7. The second-order valence-electron chi connectivity index (χ2n) is 2.66. The van der Waals surface area contributed by atoms with E-state index in [-0.39, 0.29) is 43.2 Å². The van der Waals surface area contributed by atoms with Crippen molar-refractivity contribution < 1.29 is 19.1 Å². The minimum Gasteiger partial charge on any atom is -0.469 e. The largest absolute Gasteiger partial charge is 0.469 e.